The van der Waals surface area contributed by atoms with Crippen LogP contribution in [-0.2, 0) is 60.6 Å². The van der Waals surface area contributed by atoms with Gasteiger partial charge in [-0.1, -0.05) is 255 Å². The second-order valence-electron chi connectivity index (χ2n) is 48.0. The molecule has 0 saturated heterocycles. The number of rotatable bonds is 8. The Bertz CT molecular complexity index is 7130. The zero-order chi connectivity index (χ0) is 90.5. The Kier molecular flexibility index (Phi) is 18.5. The Labute approximate surface area is 779 Å². The molecular weight excluding hydrogens is 1600 g/mol. The van der Waals surface area contributed by atoms with Crippen molar-refractivity contribution in [3.8, 4) is 22.3 Å². The van der Waals surface area contributed by atoms with Crippen LogP contribution in [0.2, 0.25) is 0 Å². The van der Waals surface area contributed by atoms with Crippen LogP contribution in [0.1, 0.15) is 286 Å². The fourth-order valence-corrected chi connectivity index (χ4v) is 27.8. The summed E-state index contributed by atoms with van der Waals surface area (Å²) in [6, 6.07) is 84.9. The van der Waals surface area contributed by atoms with Crippen molar-refractivity contribution in [2.45, 2.75) is 292 Å². The van der Waals surface area contributed by atoms with Crippen molar-refractivity contribution >= 4 is 156 Å². The molecule has 0 fully saturated rings. The Morgan fingerprint density at radius 3 is 1.14 bits per heavy atom. The van der Waals surface area contributed by atoms with Crippen LogP contribution in [0.15, 0.2) is 206 Å². The molecule has 14 aromatic rings. The number of nitrogens with zero attached hydrogens (tertiary/aromatic N) is 4. The standard InChI is InChI=1S/C121H130B2N4S2/c1-70-35-46-82(97(55-70)127-99-65-89-88(116(16,17)49-50-117(89,18)19)63-94(99)122-107-101(57-72(3)59-103(107)127)125(80-44-40-78(41-45-80)113(9,10)11)108-84-61-86-91(67-104(84)128-110(108)122)118(20,21)51-47-114(86,12)13)75-37-36-73(4)76(60-75)69-121(26)54-53-120(24,25)90-66-98-95(64-93(90)121)123-106-100(56-71(2)58-102(106)126(98)96-34-30-29-33-83(96)81-32-28-27-31-74(81)5)124(79-42-38-77(39-43-79)112(6,7)8)109-85-62-87-92(68-105(85)129-111(109)123)119(22,23)52-48-115(87,14)15/h27-46,55-68H,47-54,69H2,1-26H3. The summed E-state index contributed by atoms with van der Waals surface area (Å²) in [6.07, 6.45) is 9.96. The van der Waals surface area contributed by atoms with E-state index in [-0.39, 0.29) is 67.6 Å². The molecule has 0 N–H and O–H groups in total. The topological polar surface area (TPSA) is 13.0 Å². The number of fused-ring (bicyclic) bond motifs is 16. The Morgan fingerprint density at radius 1 is 0.302 bits per heavy atom. The van der Waals surface area contributed by atoms with Gasteiger partial charge >= 0.3 is 0 Å². The van der Waals surface area contributed by atoms with Crippen molar-refractivity contribution < 1.29 is 0 Å². The lowest BCUT2D eigenvalue weighted by atomic mass is 9.35. The zero-order valence-electron chi connectivity index (χ0n) is 81.8. The minimum Gasteiger partial charge on any atom is -0.311 e. The van der Waals surface area contributed by atoms with E-state index in [4.69, 9.17) is 0 Å². The average molecular weight is 1730 g/mol. The van der Waals surface area contributed by atoms with Crippen LogP contribution in [-0.4, -0.2) is 13.4 Å². The van der Waals surface area contributed by atoms with Gasteiger partial charge in [-0.3, -0.25) is 0 Å². The molecule has 8 aliphatic rings. The van der Waals surface area contributed by atoms with E-state index in [2.05, 4.69) is 429 Å². The zero-order valence-corrected chi connectivity index (χ0v) is 83.4. The molecular formula is C121H130B2N4S2. The fraction of sp³-hybridized carbons (Fsp3) is 0.372. The van der Waals surface area contributed by atoms with Crippen molar-refractivity contribution in [1.29, 1.82) is 0 Å². The van der Waals surface area contributed by atoms with Crippen molar-refractivity contribution in [3.05, 3.63) is 295 Å². The summed E-state index contributed by atoms with van der Waals surface area (Å²) in [6.45, 7) is 63.7. The van der Waals surface area contributed by atoms with E-state index in [1.165, 1.54) is 250 Å². The largest absolute Gasteiger partial charge is 0.311 e. The van der Waals surface area contributed by atoms with Gasteiger partial charge in [0.1, 0.15) is 0 Å². The summed E-state index contributed by atoms with van der Waals surface area (Å²) >= 11 is 4.16. The van der Waals surface area contributed by atoms with Gasteiger partial charge in [0.15, 0.2) is 0 Å². The highest BCUT2D eigenvalue weighted by Crippen LogP contribution is 2.60. The molecule has 0 amide bonds. The molecule has 652 valence electrons. The summed E-state index contributed by atoms with van der Waals surface area (Å²) in [5.41, 5.74) is 48.2. The second kappa shape index (κ2) is 28.2. The van der Waals surface area contributed by atoms with Crippen molar-refractivity contribution in [3.63, 3.8) is 0 Å². The monoisotopic (exact) mass is 1720 g/mol. The molecule has 4 aliphatic heterocycles. The first-order chi connectivity index (χ1) is 60.8. The maximum atomic E-state index is 2.83. The van der Waals surface area contributed by atoms with E-state index in [1.54, 1.807) is 0 Å². The van der Waals surface area contributed by atoms with E-state index >= 15 is 0 Å². The first-order valence-electron chi connectivity index (χ1n) is 48.5. The molecule has 1 atom stereocenters. The van der Waals surface area contributed by atoms with Gasteiger partial charge in [-0.2, -0.15) is 0 Å². The van der Waals surface area contributed by atoms with Gasteiger partial charge in [-0.15, -0.1) is 22.7 Å². The number of anilines is 12. The third kappa shape index (κ3) is 12.9. The molecule has 0 bridgehead atoms. The molecule has 6 heterocycles. The summed E-state index contributed by atoms with van der Waals surface area (Å²) in [5, 5.41) is 2.76. The maximum Gasteiger partial charge on any atom is 0.264 e. The van der Waals surface area contributed by atoms with Gasteiger partial charge in [0.25, 0.3) is 13.4 Å². The number of benzene rings is 12. The molecule has 0 saturated carbocycles. The predicted molar refractivity (Wildman–Crippen MR) is 563 cm³/mol. The van der Waals surface area contributed by atoms with E-state index < -0.39 is 0 Å². The van der Waals surface area contributed by atoms with Crippen molar-refractivity contribution in [2.75, 3.05) is 19.6 Å². The molecule has 129 heavy (non-hydrogen) atoms. The van der Waals surface area contributed by atoms with Crippen LogP contribution in [0.4, 0.5) is 68.2 Å². The summed E-state index contributed by atoms with van der Waals surface area (Å²) < 4.78 is 5.67. The quantitative estimate of drug-likeness (QED) is 0.141. The van der Waals surface area contributed by atoms with Crippen LogP contribution >= 0.6 is 22.7 Å². The third-order valence-electron chi connectivity index (χ3n) is 33.5. The highest BCUT2D eigenvalue weighted by molar-refractivity contribution is 7.34. The van der Waals surface area contributed by atoms with Crippen LogP contribution in [0.25, 0.3) is 42.4 Å². The van der Waals surface area contributed by atoms with E-state index in [0.717, 1.165) is 38.5 Å². The van der Waals surface area contributed by atoms with Crippen molar-refractivity contribution in [2.24, 2.45) is 0 Å². The first kappa shape index (κ1) is 84.4. The summed E-state index contributed by atoms with van der Waals surface area (Å²) in [4.78, 5) is 11.0. The van der Waals surface area contributed by atoms with Crippen LogP contribution < -0.4 is 51.0 Å². The smallest absolute Gasteiger partial charge is 0.264 e. The molecule has 8 heteroatoms. The van der Waals surface area contributed by atoms with E-state index in [9.17, 15) is 0 Å². The lowest BCUT2D eigenvalue weighted by Crippen LogP contribution is -2.61. The first-order valence-corrected chi connectivity index (χ1v) is 50.1. The summed E-state index contributed by atoms with van der Waals surface area (Å²) in [5.74, 6) is 0. The molecule has 4 aliphatic carbocycles. The fourth-order valence-electron chi connectivity index (χ4n) is 25.1. The number of para-hydroxylation sites is 1. The molecule has 4 nitrogen and oxygen atoms in total. The van der Waals surface area contributed by atoms with Crippen molar-refractivity contribution in [1.82, 2.24) is 0 Å². The molecule has 1 unspecified atom stereocenters. The highest BCUT2D eigenvalue weighted by atomic mass is 32.1. The normalized spacial score (nSPS) is 19.4. The third-order valence-corrected chi connectivity index (χ3v) is 36.0. The van der Waals surface area contributed by atoms with Gasteiger partial charge in [0.05, 0.1) is 22.7 Å². The minimum absolute atomic E-state index is 0.00201. The number of aryl methyl sites for hydroxylation is 5. The highest BCUT2D eigenvalue weighted by Gasteiger charge is 2.53. The maximum absolute atomic E-state index is 2.83. The Morgan fingerprint density at radius 2 is 0.682 bits per heavy atom. The molecule has 12 aromatic carbocycles. The average Bonchev–Trinajstić information content (AvgIpc) is 1.66. The van der Waals surface area contributed by atoms with Crippen LogP contribution in [0.5, 0.6) is 0 Å². The molecule has 0 spiro atoms. The van der Waals surface area contributed by atoms with Crippen LogP contribution in [0, 0.1) is 34.6 Å². The van der Waals surface area contributed by atoms with Gasteiger partial charge in [0.2, 0.25) is 0 Å². The Hall–Kier alpha value is -10.1. The molecule has 2 aromatic heterocycles. The summed E-state index contributed by atoms with van der Waals surface area (Å²) in [7, 11) is 0. The van der Waals surface area contributed by atoms with Crippen LogP contribution in [0.3, 0.4) is 0 Å². The van der Waals surface area contributed by atoms with Gasteiger partial charge in [-0.25, -0.2) is 0 Å². The number of hydrogen-bond acceptors (Lipinski definition) is 6. The minimum atomic E-state index is -0.258. The van der Waals surface area contributed by atoms with Gasteiger partial charge < -0.3 is 19.6 Å². The van der Waals surface area contributed by atoms with E-state index in [1.807, 2.05) is 0 Å². The Balaban J connectivity index is 0.747. The SMILES string of the molecule is Cc1ccc(-c2ccc(C)c(CC3(C)CCC(C)(C)c4cc5c(cc43)B3c4sc6cc7c(cc6c4N(c4ccc(C(C)(C)C)cc4)c4cc(C)cc(c43)N5c3ccccc3-c3ccccc3C)C(C)(C)CCC7(C)C)c2)c(N2c3cc4c(cc3B3c5sc6cc7c(cc6c5N(c5ccc(C(C)(C)C)cc5)c5cc(C)cc2c53)C(C)(C)CCC7(C)C)C(C)(C)CCC4(C)C)c1. The number of thiophene rings is 2. The lowest BCUT2D eigenvalue weighted by Gasteiger charge is -2.48. The predicted octanol–water partition coefficient (Wildman–Crippen LogP) is 30.4. The van der Waals surface area contributed by atoms with E-state index in [0.29, 0.717) is 0 Å². The van der Waals surface area contributed by atoms with Gasteiger partial charge in [-0.05, 0) is 366 Å². The molecule has 0 radical (unpaired) electrons. The molecule has 22 rings (SSSR count). The lowest BCUT2D eigenvalue weighted by molar-refractivity contribution is 0.310. The van der Waals surface area contributed by atoms with Gasteiger partial charge in [0, 0.05) is 86.4 Å². The second-order valence-corrected chi connectivity index (χ2v) is 50.2. The number of hydrogen-bond donors (Lipinski definition) is 0.